The third kappa shape index (κ3) is 4.09. The molecule has 6 heteroatoms. The maximum Gasteiger partial charge on any atom is 0.232 e. The zero-order valence-corrected chi connectivity index (χ0v) is 18.5. The first kappa shape index (κ1) is 20.5. The van der Waals surface area contributed by atoms with Gasteiger partial charge in [-0.25, -0.2) is 4.98 Å². The predicted molar refractivity (Wildman–Crippen MR) is 123 cm³/mol. The van der Waals surface area contributed by atoms with Crippen LogP contribution in [0.4, 0.5) is 11.4 Å². The summed E-state index contributed by atoms with van der Waals surface area (Å²) in [6, 6.07) is 21.9. The second kappa shape index (κ2) is 8.95. The number of anilines is 2. The molecule has 0 unspecified atom stereocenters. The molecule has 0 aliphatic carbocycles. The molecule has 0 saturated heterocycles. The van der Waals surface area contributed by atoms with Crippen LogP contribution in [0.5, 0.6) is 0 Å². The minimum absolute atomic E-state index is 0.0428. The van der Waals surface area contributed by atoms with E-state index in [1.165, 1.54) is 11.8 Å². The standard InChI is InChI=1S/C24H21N3OS2/c1-16(2)18-12-11-17(15-25)24(26-18)29-14-13-23(28)27-19-7-3-5-9-21(19)30-22-10-6-4-8-20(22)27/h3-12,16H,13-14H2,1-2H3. The normalized spacial score (nSPS) is 12.3. The zero-order valence-electron chi connectivity index (χ0n) is 16.8. The fraction of sp³-hybridized carbons (Fsp3) is 0.208. The minimum Gasteiger partial charge on any atom is -0.279 e. The van der Waals surface area contributed by atoms with Crippen LogP contribution in [0.1, 0.15) is 37.4 Å². The maximum absolute atomic E-state index is 13.3. The molecule has 1 amide bonds. The Balaban J connectivity index is 1.53. The molecule has 2 heterocycles. The molecule has 4 rings (SSSR count). The summed E-state index contributed by atoms with van der Waals surface area (Å²) in [5.41, 5.74) is 3.36. The number of thioether (sulfide) groups is 1. The van der Waals surface area contributed by atoms with E-state index in [1.54, 1.807) is 11.8 Å². The van der Waals surface area contributed by atoms with Gasteiger partial charge in [0, 0.05) is 27.7 Å². The van der Waals surface area contributed by atoms with Gasteiger partial charge in [0.2, 0.25) is 5.91 Å². The fourth-order valence-electron chi connectivity index (χ4n) is 3.29. The number of rotatable bonds is 5. The van der Waals surface area contributed by atoms with Crippen molar-refractivity contribution in [3.05, 3.63) is 71.9 Å². The van der Waals surface area contributed by atoms with Crippen molar-refractivity contribution in [1.82, 2.24) is 4.98 Å². The molecule has 1 aromatic heterocycles. The van der Waals surface area contributed by atoms with Crippen LogP contribution in [0.15, 0.2) is 75.5 Å². The van der Waals surface area contributed by atoms with Crippen molar-refractivity contribution in [2.45, 2.75) is 41.0 Å². The predicted octanol–water partition coefficient (Wildman–Crippen LogP) is 6.39. The molecule has 0 saturated carbocycles. The number of fused-ring (bicyclic) bond motifs is 2. The van der Waals surface area contributed by atoms with Crippen LogP contribution >= 0.6 is 23.5 Å². The van der Waals surface area contributed by atoms with Gasteiger partial charge in [0.05, 0.1) is 16.9 Å². The molecule has 2 aromatic carbocycles. The number of carbonyl (C=O) groups excluding carboxylic acids is 1. The number of hydrogen-bond acceptors (Lipinski definition) is 5. The number of pyridine rings is 1. The Morgan fingerprint density at radius 1 is 1.07 bits per heavy atom. The number of aromatic nitrogens is 1. The Hall–Kier alpha value is -2.75. The summed E-state index contributed by atoms with van der Waals surface area (Å²) in [6.07, 6.45) is 0.358. The third-order valence-electron chi connectivity index (χ3n) is 4.83. The first-order valence-electron chi connectivity index (χ1n) is 9.81. The lowest BCUT2D eigenvalue weighted by atomic mass is 10.1. The molecule has 150 valence electrons. The van der Waals surface area contributed by atoms with Gasteiger partial charge in [0.25, 0.3) is 0 Å². The van der Waals surface area contributed by atoms with E-state index in [4.69, 9.17) is 0 Å². The molecule has 0 N–H and O–H groups in total. The highest BCUT2D eigenvalue weighted by atomic mass is 32.2. The van der Waals surface area contributed by atoms with E-state index in [1.807, 2.05) is 65.6 Å². The molecule has 0 atom stereocenters. The van der Waals surface area contributed by atoms with Crippen LogP contribution in [0, 0.1) is 11.3 Å². The van der Waals surface area contributed by atoms with Gasteiger partial charge < -0.3 is 0 Å². The Labute approximate surface area is 185 Å². The monoisotopic (exact) mass is 431 g/mol. The smallest absolute Gasteiger partial charge is 0.232 e. The topological polar surface area (TPSA) is 57.0 Å². The van der Waals surface area contributed by atoms with Gasteiger partial charge in [-0.05, 0) is 42.3 Å². The molecule has 0 radical (unpaired) electrons. The molecule has 3 aromatic rings. The summed E-state index contributed by atoms with van der Waals surface area (Å²) in [5.74, 6) is 0.898. The second-order valence-corrected chi connectivity index (χ2v) is 9.39. The first-order valence-corrected chi connectivity index (χ1v) is 11.6. The molecule has 0 fully saturated rings. The molecule has 0 spiro atoms. The number of amides is 1. The Morgan fingerprint density at radius 2 is 1.70 bits per heavy atom. The first-order chi connectivity index (χ1) is 14.6. The number of hydrogen-bond donors (Lipinski definition) is 0. The van der Waals surface area contributed by atoms with Gasteiger partial charge in [0.1, 0.15) is 11.1 Å². The molecule has 4 nitrogen and oxygen atoms in total. The van der Waals surface area contributed by atoms with Gasteiger partial charge in [0.15, 0.2) is 0 Å². The van der Waals surface area contributed by atoms with E-state index in [0.717, 1.165) is 26.9 Å². The van der Waals surface area contributed by atoms with Crippen LogP contribution in [0.2, 0.25) is 0 Å². The molecular formula is C24H21N3OS2. The van der Waals surface area contributed by atoms with Crippen molar-refractivity contribution in [3.8, 4) is 6.07 Å². The lowest BCUT2D eigenvalue weighted by molar-refractivity contribution is -0.117. The summed E-state index contributed by atoms with van der Waals surface area (Å²) in [7, 11) is 0. The molecule has 0 bridgehead atoms. The van der Waals surface area contributed by atoms with Crippen molar-refractivity contribution >= 4 is 40.8 Å². The molecule has 1 aliphatic rings. The number of nitriles is 1. The van der Waals surface area contributed by atoms with Crippen LogP contribution < -0.4 is 4.90 Å². The van der Waals surface area contributed by atoms with Crippen molar-refractivity contribution in [2.75, 3.05) is 10.7 Å². The fourth-order valence-corrected chi connectivity index (χ4v) is 5.26. The summed E-state index contributed by atoms with van der Waals surface area (Å²) in [5, 5.41) is 10.1. The van der Waals surface area contributed by atoms with E-state index in [2.05, 4.69) is 24.9 Å². The zero-order chi connectivity index (χ0) is 21.1. The summed E-state index contributed by atoms with van der Waals surface area (Å²) < 4.78 is 0. The quantitative estimate of drug-likeness (QED) is 0.438. The Bertz CT molecular complexity index is 1090. The van der Waals surface area contributed by atoms with Crippen molar-refractivity contribution in [1.29, 1.82) is 5.26 Å². The lowest BCUT2D eigenvalue weighted by Gasteiger charge is -2.31. The maximum atomic E-state index is 13.3. The average Bonchev–Trinajstić information content (AvgIpc) is 2.77. The molecule has 30 heavy (non-hydrogen) atoms. The van der Waals surface area contributed by atoms with Crippen molar-refractivity contribution in [3.63, 3.8) is 0 Å². The van der Waals surface area contributed by atoms with E-state index >= 15 is 0 Å². The van der Waals surface area contributed by atoms with Crippen molar-refractivity contribution < 1.29 is 4.79 Å². The van der Waals surface area contributed by atoms with Gasteiger partial charge in [-0.3, -0.25) is 9.69 Å². The average molecular weight is 432 g/mol. The number of para-hydroxylation sites is 2. The van der Waals surface area contributed by atoms with Crippen LogP contribution in [0.3, 0.4) is 0 Å². The van der Waals surface area contributed by atoms with E-state index < -0.39 is 0 Å². The number of benzene rings is 2. The van der Waals surface area contributed by atoms with E-state index in [0.29, 0.717) is 22.8 Å². The highest BCUT2D eigenvalue weighted by Crippen LogP contribution is 2.48. The van der Waals surface area contributed by atoms with Crippen molar-refractivity contribution in [2.24, 2.45) is 0 Å². The van der Waals surface area contributed by atoms with E-state index in [-0.39, 0.29) is 11.8 Å². The summed E-state index contributed by atoms with van der Waals surface area (Å²) >= 11 is 3.16. The van der Waals surface area contributed by atoms with Gasteiger partial charge in [-0.15, -0.1) is 11.8 Å². The third-order valence-corrected chi connectivity index (χ3v) is 6.95. The van der Waals surface area contributed by atoms with Gasteiger partial charge in [-0.1, -0.05) is 49.9 Å². The van der Waals surface area contributed by atoms with Gasteiger partial charge >= 0.3 is 0 Å². The second-order valence-electron chi connectivity index (χ2n) is 7.22. The Kier molecular flexibility index (Phi) is 6.12. The lowest BCUT2D eigenvalue weighted by Crippen LogP contribution is -2.28. The number of nitrogens with zero attached hydrogens (tertiary/aromatic N) is 3. The van der Waals surface area contributed by atoms with E-state index in [9.17, 15) is 10.1 Å². The minimum atomic E-state index is 0.0428. The highest BCUT2D eigenvalue weighted by molar-refractivity contribution is 7.99. The SMILES string of the molecule is CC(C)c1ccc(C#N)c(SCCC(=O)N2c3ccccc3Sc3ccccc32)n1. The Morgan fingerprint density at radius 3 is 2.30 bits per heavy atom. The molecule has 1 aliphatic heterocycles. The van der Waals surface area contributed by atoms with Crippen LogP contribution in [-0.4, -0.2) is 16.6 Å². The molecular weight excluding hydrogens is 410 g/mol. The summed E-state index contributed by atoms with van der Waals surface area (Å²) in [4.78, 5) is 21.9. The van der Waals surface area contributed by atoms with Gasteiger partial charge in [-0.2, -0.15) is 5.26 Å². The largest absolute Gasteiger partial charge is 0.279 e. The number of carbonyl (C=O) groups is 1. The summed E-state index contributed by atoms with van der Waals surface area (Å²) in [6.45, 7) is 4.16. The van der Waals surface area contributed by atoms with Crippen LogP contribution in [0.25, 0.3) is 0 Å². The highest BCUT2D eigenvalue weighted by Gasteiger charge is 2.27. The van der Waals surface area contributed by atoms with Crippen LogP contribution in [-0.2, 0) is 4.79 Å².